The van der Waals surface area contributed by atoms with Gasteiger partial charge in [-0.25, -0.2) is 0 Å². The molecule has 164 valence electrons. The molecule has 0 amide bonds. The van der Waals surface area contributed by atoms with Gasteiger partial charge in [-0.15, -0.1) is 0 Å². The maximum atomic E-state index is 13.1. The van der Waals surface area contributed by atoms with Gasteiger partial charge in [0.25, 0.3) is 0 Å². The number of phenolic OH excluding ortho intramolecular Hbond substituents is 4. The Bertz CT molecular complexity index is 1200. The third-order valence-electron chi connectivity index (χ3n) is 4.89. The summed E-state index contributed by atoms with van der Waals surface area (Å²) in [7, 11) is 0. The number of aliphatic hydroxyl groups excluding tert-OH is 3. The van der Waals surface area contributed by atoms with Crippen LogP contribution in [0.1, 0.15) is 0 Å². The van der Waals surface area contributed by atoms with Crippen LogP contribution in [0.25, 0.3) is 22.3 Å². The molecule has 4 atom stereocenters. The lowest BCUT2D eigenvalue weighted by molar-refractivity contribution is -0.117. The predicted molar refractivity (Wildman–Crippen MR) is 103 cm³/mol. The standard InChI is InChI=1S/C20H18O11/c21-6-13-15(26)17(28)20(30-13)31-19-16(27)14-11(25)4-8(22)5-12(14)29-18(19)7-1-2-9(23)10(24)3-7/h1-5,13,15,17,20-26,28H,6H2/t13-,15?,17?,20+/m1/s1. The van der Waals surface area contributed by atoms with Crippen LogP contribution in [0.4, 0.5) is 0 Å². The van der Waals surface area contributed by atoms with E-state index in [2.05, 4.69) is 0 Å². The van der Waals surface area contributed by atoms with E-state index in [1.807, 2.05) is 0 Å². The lowest BCUT2D eigenvalue weighted by Crippen LogP contribution is -2.36. The van der Waals surface area contributed by atoms with Crippen molar-refractivity contribution in [3.63, 3.8) is 0 Å². The molecule has 2 heterocycles. The summed E-state index contributed by atoms with van der Waals surface area (Å²) in [4.78, 5) is 13.1. The minimum absolute atomic E-state index is 0.0684. The predicted octanol–water partition coefficient (Wildman–Crippen LogP) is 0.100. The normalized spacial score (nSPS) is 23.3. The molecule has 11 nitrogen and oxygen atoms in total. The molecule has 0 saturated carbocycles. The van der Waals surface area contributed by atoms with Gasteiger partial charge in [0.15, 0.2) is 17.3 Å². The molecule has 1 aliphatic rings. The van der Waals surface area contributed by atoms with Gasteiger partial charge in [0, 0.05) is 17.7 Å². The molecule has 0 aliphatic carbocycles. The number of hydrogen-bond donors (Lipinski definition) is 7. The molecule has 0 bridgehead atoms. The summed E-state index contributed by atoms with van der Waals surface area (Å²) in [5.74, 6) is -2.78. The van der Waals surface area contributed by atoms with Crippen molar-refractivity contribution in [2.24, 2.45) is 0 Å². The topological polar surface area (TPSA) is 190 Å². The highest BCUT2D eigenvalue weighted by atomic mass is 16.7. The van der Waals surface area contributed by atoms with E-state index in [4.69, 9.17) is 13.9 Å². The Labute approximate surface area is 173 Å². The second kappa shape index (κ2) is 7.63. The van der Waals surface area contributed by atoms with Gasteiger partial charge in [0.1, 0.15) is 40.8 Å². The van der Waals surface area contributed by atoms with Crippen LogP contribution in [0.3, 0.4) is 0 Å². The van der Waals surface area contributed by atoms with Crippen molar-refractivity contribution < 1.29 is 49.6 Å². The third-order valence-corrected chi connectivity index (χ3v) is 4.89. The average molecular weight is 434 g/mol. The Hall–Kier alpha value is -3.51. The zero-order chi connectivity index (χ0) is 22.4. The number of ether oxygens (including phenoxy) is 2. The van der Waals surface area contributed by atoms with Crippen LogP contribution in [0.5, 0.6) is 28.7 Å². The van der Waals surface area contributed by atoms with Crippen molar-refractivity contribution in [3.8, 4) is 40.1 Å². The van der Waals surface area contributed by atoms with E-state index in [1.54, 1.807) is 0 Å². The van der Waals surface area contributed by atoms with Gasteiger partial charge in [-0.05, 0) is 18.2 Å². The zero-order valence-corrected chi connectivity index (χ0v) is 15.7. The summed E-state index contributed by atoms with van der Waals surface area (Å²) in [5.41, 5.74) is -1.04. The minimum atomic E-state index is -1.62. The van der Waals surface area contributed by atoms with Crippen LogP contribution in [0, 0.1) is 0 Å². The molecular formula is C20H18O11. The summed E-state index contributed by atoms with van der Waals surface area (Å²) in [6.45, 7) is -0.622. The van der Waals surface area contributed by atoms with E-state index in [0.717, 1.165) is 24.3 Å². The first-order valence-electron chi connectivity index (χ1n) is 9.05. The maximum absolute atomic E-state index is 13.1. The smallest absolute Gasteiger partial charge is 0.239 e. The number of benzene rings is 2. The number of hydrogen-bond acceptors (Lipinski definition) is 11. The molecule has 11 heteroatoms. The minimum Gasteiger partial charge on any atom is -0.508 e. The molecule has 2 aromatic carbocycles. The van der Waals surface area contributed by atoms with Gasteiger partial charge in [0.05, 0.1) is 6.61 Å². The fraction of sp³-hybridized carbons (Fsp3) is 0.250. The van der Waals surface area contributed by atoms with Crippen LogP contribution in [0.2, 0.25) is 0 Å². The van der Waals surface area contributed by atoms with Gasteiger partial charge in [-0.1, -0.05) is 0 Å². The van der Waals surface area contributed by atoms with Crippen molar-refractivity contribution in [1.82, 2.24) is 0 Å². The fourth-order valence-corrected chi connectivity index (χ4v) is 3.31. The molecule has 0 radical (unpaired) electrons. The van der Waals surface area contributed by atoms with Crippen LogP contribution in [-0.4, -0.2) is 67.0 Å². The second-order valence-electron chi connectivity index (χ2n) is 6.96. The van der Waals surface area contributed by atoms with Crippen LogP contribution < -0.4 is 10.2 Å². The molecule has 1 aromatic heterocycles. The molecule has 7 N–H and O–H groups in total. The van der Waals surface area contributed by atoms with Crippen molar-refractivity contribution in [2.45, 2.75) is 24.6 Å². The number of aromatic hydroxyl groups is 4. The summed E-state index contributed by atoms with van der Waals surface area (Å²) in [6.07, 6.45) is -5.86. The molecule has 3 aromatic rings. The first-order valence-corrected chi connectivity index (χ1v) is 9.05. The van der Waals surface area contributed by atoms with Gasteiger partial charge in [-0.3, -0.25) is 4.79 Å². The molecular weight excluding hydrogens is 416 g/mol. The summed E-state index contributed by atoms with van der Waals surface area (Å²) in [5, 5.41) is 68.3. The van der Waals surface area contributed by atoms with Gasteiger partial charge in [0.2, 0.25) is 17.5 Å². The molecule has 31 heavy (non-hydrogen) atoms. The molecule has 0 spiro atoms. The summed E-state index contributed by atoms with van der Waals surface area (Å²) in [6, 6.07) is 5.50. The largest absolute Gasteiger partial charge is 0.508 e. The quantitative estimate of drug-likeness (QED) is 0.276. The van der Waals surface area contributed by atoms with E-state index in [9.17, 15) is 40.5 Å². The Morgan fingerprint density at radius 3 is 2.32 bits per heavy atom. The van der Waals surface area contributed by atoms with Crippen LogP contribution in [0.15, 0.2) is 39.5 Å². The molecule has 4 rings (SSSR count). The van der Waals surface area contributed by atoms with E-state index in [0.29, 0.717) is 0 Å². The lowest BCUT2D eigenvalue weighted by Gasteiger charge is -2.19. The van der Waals surface area contributed by atoms with Gasteiger partial charge >= 0.3 is 0 Å². The van der Waals surface area contributed by atoms with Crippen molar-refractivity contribution in [1.29, 1.82) is 0 Å². The monoisotopic (exact) mass is 434 g/mol. The molecule has 1 saturated heterocycles. The highest BCUT2D eigenvalue weighted by Crippen LogP contribution is 2.39. The fourth-order valence-electron chi connectivity index (χ4n) is 3.31. The Balaban J connectivity index is 1.92. The van der Waals surface area contributed by atoms with Crippen LogP contribution >= 0.6 is 0 Å². The highest BCUT2D eigenvalue weighted by Gasteiger charge is 2.44. The number of aliphatic hydroxyl groups is 3. The van der Waals surface area contributed by atoms with Gasteiger partial charge in [-0.2, -0.15) is 0 Å². The van der Waals surface area contributed by atoms with Crippen molar-refractivity contribution in [3.05, 3.63) is 40.6 Å². The van der Waals surface area contributed by atoms with Crippen molar-refractivity contribution in [2.75, 3.05) is 6.61 Å². The SMILES string of the molecule is O=c1c(O[C@@H]2O[C@H](CO)C(O)C2O)c(-c2ccc(O)c(O)c2)oc2cc(O)cc(O)c12. The van der Waals surface area contributed by atoms with E-state index < -0.39 is 59.6 Å². The first kappa shape index (κ1) is 20.8. The highest BCUT2D eigenvalue weighted by molar-refractivity contribution is 5.88. The van der Waals surface area contributed by atoms with E-state index in [1.165, 1.54) is 6.07 Å². The van der Waals surface area contributed by atoms with Crippen molar-refractivity contribution >= 4 is 11.0 Å². The third kappa shape index (κ3) is 3.49. The van der Waals surface area contributed by atoms with Crippen LogP contribution in [-0.2, 0) is 4.74 Å². The van der Waals surface area contributed by atoms with E-state index >= 15 is 0 Å². The summed E-state index contributed by atoms with van der Waals surface area (Å²) >= 11 is 0. The molecule has 2 unspecified atom stereocenters. The maximum Gasteiger partial charge on any atom is 0.239 e. The second-order valence-corrected chi connectivity index (χ2v) is 6.96. The number of rotatable bonds is 4. The zero-order valence-electron chi connectivity index (χ0n) is 15.7. The van der Waals surface area contributed by atoms with Gasteiger partial charge < -0.3 is 49.6 Å². The Morgan fingerprint density at radius 2 is 1.68 bits per heavy atom. The van der Waals surface area contributed by atoms with E-state index in [-0.39, 0.29) is 28.0 Å². The molecule has 1 fully saturated rings. The summed E-state index contributed by atoms with van der Waals surface area (Å²) < 4.78 is 16.4. The average Bonchev–Trinajstić information content (AvgIpc) is 2.99. The lowest BCUT2D eigenvalue weighted by atomic mass is 10.1. The Morgan fingerprint density at radius 1 is 0.935 bits per heavy atom. The number of fused-ring (bicyclic) bond motifs is 1. The Kier molecular flexibility index (Phi) is 5.11. The number of phenols is 4. The molecule has 1 aliphatic heterocycles. The first-order chi connectivity index (χ1) is 14.7.